The fourth-order valence-corrected chi connectivity index (χ4v) is 38.6. The van der Waals surface area contributed by atoms with Gasteiger partial charge in [0.15, 0.2) is 0 Å². The second-order valence-corrected chi connectivity index (χ2v) is 41.1. The van der Waals surface area contributed by atoms with Gasteiger partial charge in [-0.3, -0.25) is 0 Å². The maximum atomic E-state index is 3.89. The van der Waals surface area contributed by atoms with Crippen molar-refractivity contribution in [1.29, 1.82) is 0 Å². The van der Waals surface area contributed by atoms with Crippen LogP contribution in [-0.2, 0) is 0 Å². The molecule has 0 amide bonds. The Morgan fingerprint density at radius 2 is 0.667 bits per heavy atom. The number of hydrogen-bond acceptors (Lipinski definition) is 0. The standard InChI is InChI=1S/C8H17.2C6H5.3C6H11.2C4H9.2Sn/c1-3-5-7-8-6-4-2;2*1-2-4-6-5-3-1;3*1-3-5-6-4-2;2*1-3-4-2;;/h1,3-8H2,2H3;2*1-5H;3*3H,1-2,4-6H2;2*1,3-4H2,2H3;;. The third-order valence-corrected chi connectivity index (χ3v) is 42.1. The van der Waals surface area contributed by atoms with Crippen molar-refractivity contribution in [2.45, 2.75) is 169 Å². The summed E-state index contributed by atoms with van der Waals surface area (Å²) in [5.74, 6) is 0. The van der Waals surface area contributed by atoms with Crippen LogP contribution >= 0.6 is 0 Å². The van der Waals surface area contributed by atoms with Crippen molar-refractivity contribution < 1.29 is 0 Å². The third kappa shape index (κ3) is 19.6. The Morgan fingerprint density at radius 1 is 0.375 bits per heavy atom. The fraction of sp³-hybridized carbons (Fsp3) is 0.609. The van der Waals surface area contributed by atoms with Gasteiger partial charge in [-0.05, 0) is 0 Å². The van der Waals surface area contributed by atoms with E-state index in [0.29, 0.717) is 0 Å². The first-order valence-corrected chi connectivity index (χ1v) is 35.5. The van der Waals surface area contributed by atoms with Crippen LogP contribution in [0.1, 0.15) is 143 Å². The predicted octanol–water partition coefficient (Wildman–Crippen LogP) is 14.7. The van der Waals surface area contributed by atoms with E-state index in [1.807, 2.05) is 3.58 Å². The Labute approximate surface area is 309 Å². The minimum atomic E-state index is -2.33. The molecule has 0 aliphatic rings. The Hall–Kier alpha value is -0.743. The summed E-state index contributed by atoms with van der Waals surface area (Å²) in [6.45, 7) is 18.7. The summed E-state index contributed by atoms with van der Waals surface area (Å²) in [6.07, 6.45) is 32.2. The molecule has 2 aromatic carbocycles. The molecule has 0 saturated carbocycles. The van der Waals surface area contributed by atoms with Crippen LogP contribution in [-0.4, -0.2) is 36.8 Å². The van der Waals surface area contributed by atoms with Crippen LogP contribution in [0.4, 0.5) is 0 Å². The molecule has 0 radical (unpaired) electrons. The van der Waals surface area contributed by atoms with Crippen LogP contribution < -0.4 is 7.16 Å². The molecule has 0 bridgehead atoms. The molecule has 0 N–H and O–H groups in total. The van der Waals surface area contributed by atoms with Gasteiger partial charge in [0.25, 0.3) is 0 Å². The summed E-state index contributed by atoms with van der Waals surface area (Å²) in [7, 11) is 0. The average Bonchev–Trinajstić information content (AvgIpc) is 3.13. The monoisotopic (exact) mass is 870 g/mol. The molecule has 0 unspecified atom stereocenters. The first kappa shape index (κ1) is 45.3. The van der Waals surface area contributed by atoms with Crippen LogP contribution in [0.5, 0.6) is 0 Å². The van der Waals surface area contributed by atoms with E-state index >= 15 is 0 Å². The van der Waals surface area contributed by atoms with Crippen molar-refractivity contribution in [2.24, 2.45) is 0 Å². The van der Waals surface area contributed by atoms with Gasteiger partial charge in [0.05, 0.1) is 0 Å². The molecule has 0 aliphatic heterocycles. The van der Waals surface area contributed by atoms with Crippen molar-refractivity contribution in [1.82, 2.24) is 0 Å². The first-order chi connectivity index (χ1) is 23.6. The third-order valence-electron chi connectivity index (χ3n) is 10.7. The van der Waals surface area contributed by atoms with Gasteiger partial charge in [-0.1, -0.05) is 0 Å². The Balaban J connectivity index is 0.000000482. The average molecular weight is 869 g/mol. The number of hydrogen-bond donors (Lipinski definition) is 0. The van der Waals surface area contributed by atoms with E-state index in [1.165, 1.54) is 135 Å². The molecule has 2 aromatic rings. The molecule has 0 aromatic heterocycles. The van der Waals surface area contributed by atoms with Crippen molar-refractivity contribution in [2.75, 3.05) is 0 Å². The second kappa shape index (κ2) is 31.0. The van der Waals surface area contributed by atoms with Gasteiger partial charge in [-0.15, -0.1) is 0 Å². The summed E-state index contributed by atoms with van der Waals surface area (Å²) < 4.78 is 12.9. The number of benzene rings is 2. The predicted molar refractivity (Wildman–Crippen MR) is 228 cm³/mol. The maximum absolute atomic E-state index is 3.89. The zero-order valence-electron chi connectivity index (χ0n) is 32.3. The van der Waals surface area contributed by atoms with Crippen molar-refractivity contribution in [3.05, 3.63) is 98.6 Å². The van der Waals surface area contributed by atoms with Crippen molar-refractivity contribution >= 4 is 43.9 Å². The molecule has 2 heteroatoms. The van der Waals surface area contributed by atoms with Crippen LogP contribution in [0.3, 0.4) is 0 Å². The molecule has 0 nitrogen and oxygen atoms in total. The van der Waals surface area contributed by atoms with Gasteiger partial charge >= 0.3 is 312 Å². The number of unbranched alkanes of at least 4 members (excludes halogenated alkanes) is 13. The van der Waals surface area contributed by atoms with Crippen LogP contribution in [0.2, 0.25) is 26.6 Å². The van der Waals surface area contributed by atoms with Gasteiger partial charge < -0.3 is 0 Å². The minimum absolute atomic E-state index is 1.17. The summed E-state index contributed by atoms with van der Waals surface area (Å²) in [4.78, 5) is 0. The van der Waals surface area contributed by atoms with Gasteiger partial charge in [0.1, 0.15) is 0 Å². The van der Waals surface area contributed by atoms with E-state index in [4.69, 9.17) is 0 Å². The topological polar surface area (TPSA) is 0 Å². The van der Waals surface area contributed by atoms with Crippen molar-refractivity contribution in [3.63, 3.8) is 0 Å². The summed E-state index contributed by atoms with van der Waals surface area (Å²) in [5, 5.41) is 0. The van der Waals surface area contributed by atoms with Crippen LogP contribution in [0, 0.1) is 0 Å². The molecule has 0 heterocycles. The summed E-state index contributed by atoms with van der Waals surface area (Å²) >= 11 is -4.49. The molecular weight excluding hydrogens is 790 g/mol. The molecular formula is C46H78Sn2. The van der Waals surface area contributed by atoms with E-state index < -0.39 is 36.8 Å². The molecule has 2 rings (SSSR count). The molecule has 48 heavy (non-hydrogen) atoms. The Morgan fingerprint density at radius 3 is 1.00 bits per heavy atom. The first-order valence-electron chi connectivity index (χ1n) is 20.5. The Bertz CT molecular complexity index is 962. The molecule has 0 atom stereocenters. The summed E-state index contributed by atoms with van der Waals surface area (Å²) in [5.41, 5.74) is 0. The number of rotatable bonds is 30. The van der Waals surface area contributed by atoms with Gasteiger partial charge in [-0.25, -0.2) is 0 Å². The van der Waals surface area contributed by atoms with Crippen LogP contribution in [0.15, 0.2) is 98.6 Å². The Kier molecular flexibility index (Phi) is 29.3. The van der Waals surface area contributed by atoms with Gasteiger partial charge in [0.2, 0.25) is 0 Å². The molecule has 0 spiro atoms. The van der Waals surface area contributed by atoms with E-state index in [9.17, 15) is 0 Å². The van der Waals surface area contributed by atoms with Gasteiger partial charge in [-0.2, -0.15) is 0 Å². The van der Waals surface area contributed by atoms with E-state index in [0.717, 1.165) is 0 Å². The zero-order valence-corrected chi connectivity index (χ0v) is 38.0. The van der Waals surface area contributed by atoms with E-state index in [-0.39, 0.29) is 0 Å². The van der Waals surface area contributed by atoms with E-state index in [1.54, 1.807) is 16.9 Å². The SMILES string of the molecule is C=CCCC[CH2][Sn]([CH2]CCCC=C)([CH2]CCCC=C)[c]1ccccc1.CCCCCCC[CH2][Sn]([CH2]CCC)([CH2]CCC)[c]1ccccc1. The van der Waals surface area contributed by atoms with Gasteiger partial charge in [0, 0.05) is 0 Å². The fourth-order valence-electron chi connectivity index (χ4n) is 7.73. The van der Waals surface area contributed by atoms with E-state index in [2.05, 4.69) is 119 Å². The molecule has 0 aliphatic carbocycles. The molecule has 0 fully saturated rings. The summed E-state index contributed by atoms with van der Waals surface area (Å²) in [6, 6.07) is 23.3. The zero-order chi connectivity index (χ0) is 35.0. The quantitative estimate of drug-likeness (QED) is 0.0417. The normalized spacial score (nSPS) is 11.5. The second-order valence-electron chi connectivity index (χ2n) is 14.6. The molecule has 0 saturated heterocycles. The number of allylic oxidation sites excluding steroid dienone is 3. The van der Waals surface area contributed by atoms with Crippen LogP contribution in [0.25, 0.3) is 0 Å². The molecule has 270 valence electrons. The van der Waals surface area contributed by atoms with Crippen molar-refractivity contribution in [3.8, 4) is 0 Å².